The lowest BCUT2D eigenvalue weighted by atomic mass is 9.88. The molecule has 0 unspecified atom stereocenters. The first-order valence-electron chi connectivity index (χ1n) is 9.13. The standard InChI is InChI=1S/C22H21NO7/c1-26-16-7-12-13(8-17(16)27-2)21(28-3)14(9-24)20(22(23)25)19(12)11-4-5-15-18(6-11)30-10-29-15/h4-8,24H,9-10H2,1-3H3,(H2,23,25). The molecule has 0 bridgehead atoms. The van der Waals surface area contributed by atoms with Crippen molar-refractivity contribution in [3.8, 4) is 39.9 Å². The van der Waals surface area contributed by atoms with E-state index in [1.807, 2.05) is 0 Å². The minimum absolute atomic E-state index is 0.123. The van der Waals surface area contributed by atoms with Crippen molar-refractivity contribution in [2.45, 2.75) is 6.61 Å². The van der Waals surface area contributed by atoms with E-state index in [4.69, 9.17) is 29.4 Å². The van der Waals surface area contributed by atoms with Gasteiger partial charge in [0.15, 0.2) is 23.0 Å². The summed E-state index contributed by atoms with van der Waals surface area (Å²) in [6.07, 6.45) is 0. The Balaban J connectivity index is 2.18. The fourth-order valence-electron chi connectivity index (χ4n) is 3.84. The largest absolute Gasteiger partial charge is 0.496 e. The first-order chi connectivity index (χ1) is 14.5. The van der Waals surface area contributed by atoms with Crippen LogP contribution in [0.25, 0.3) is 21.9 Å². The van der Waals surface area contributed by atoms with E-state index in [-0.39, 0.29) is 17.9 Å². The molecule has 30 heavy (non-hydrogen) atoms. The molecule has 3 N–H and O–H groups in total. The van der Waals surface area contributed by atoms with E-state index in [0.29, 0.717) is 50.6 Å². The first-order valence-corrected chi connectivity index (χ1v) is 9.13. The Labute approximate surface area is 172 Å². The summed E-state index contributed by atoms with van der Waals surface area (Å²) in [5, 5.41) is 11.4. The van der Waals surface area contributed by atoms with Crippen LogP contribution < -0.4 is 29.4 Å². The molecule has 0 aliphatic carbocycles. The van der Waals surface area contributed by atoms with Gasteiger partial charge in [-0.2, -0.15) is 0 Å². The number of aliphatic hydroxyl groups excluding tert-OH is 1. The van der Waals surface area contributed by atoms with Gasteiger partial charge in [0.05, 0.1) is 33.5 Å². The molecule has 1 amide bonds. The highest BCUT2D eigenvalue weighted by atomic mass is 16.7. The molecule has 8 heteroatoms. The number of methoxy groups -OCH3 is 3. The third-order valence-electron chi connectivity index (χ3n) is 5.13. The second kappa shape index (κ2) is 7.64. The molecule has 1 aliphatic rings. The van der Waals surface area contributed by atoms with E-state index in [0.717, 1.165) is 0 Å². The van der Waals surface area contributed by atoms with Crippen LogP contribution in [0.2, 0.25) is 0 Å². The number of hydrogen-bond acceptors (Lipinski definition) is 7. The van der Waals surface area contributed by atoms with Crippen LogP contribution in [-0.4, -0.2) is 39.1 Å². The summed E-state index contributed by atoms with van der Waals surface area (Å²) in [7, 11) is 4.52. The Morgan fingerprint density at radius 2 is 1.67 bits per heavy atom. The maximum Gasteiger partial charge on any atom is 0.249 e. The van der Waals surface area contributed by atoms with Crippen molar-refractivity contribution >= 4 is 16.7 Å². The molecule has 8 nitrogen and oxygen atoms in total. The van der Waals surface area contributed by atoms with Crippen LogP contribution in [0.4, 0.5) is 0 Å². The fraction of sp³-hybridized carbons (Fsp3) is 0.227. The monoisotopic (exact) mass is 411 g/mol. The van der Waals surface area contributed by atoms with Crippen molar-refractivity contribution in [1.29, 1.82) is 0 Å². The number of fused-ring (bicyclic) bond motifs is 2. The van der Waals surface area contributed by atoms with Crippen molar-refractivity contribution in [1.82, 2.24) is 0 Å². The van der Waals surface area contributed by atoms with Crippen LogP contribution in [0.15, 0.2) is 30.3 Å². The second-order valence-corrected chi connectivity index (χ2v) is 6.60. The Morgan fingerprint density at radius 1 is 1.00 bits per heavy atom. The number of nitrogens with two attached hydrogens (primary N) is 1. The normalized spacial score (nSPS) is 12.1. The van der Waals surface area contributed by atoms with Crippen LogP contribution in [0, 0.1) is 0 Å². The van der Waals surface area contributed by atoms with Gasteiger partial charge in [-0.05, 0) is 35.2 Å². The highest BCUT2D eigenvalue weighted by molar-refractivity contribution is 6.13. The van der Waals surface area contributed by atoms with E-state index >= 15 is 0 Å². The molecule has 3 aromatic rings. The highest BCUT2D eigenvalue weighted by Crippen LogP contribution is 2.47. The number of ether oxygens (including phenoxy) is 5. The molecule has 1 heterocycles. The third-order valence-corrected chi connectivity index (χ3v) is 5.13. The number of amides is 1. The van der Waals surface area contributed by atoms with Crippen LogP contribution >= 0.6 is 0 Å². The SMILES string of the molecule is COc1cc2c(OC)c(CO)c(C(N)=O)c(-c3ccc4c(c3)OCO4)c2cc1OC. The predicted molar refractivity (Wildman–Crippen MR) is 110 cm³/mol. The molecule has 0 radical (unpaired) electrons. The number of hydrogen-bond donors (Lipinski definition) is 2. The van der Waals surface area contributed by atoms with Gasteiger partial charge in [0, 0.05) is 16.5 Å². The lowest BCUT2D eigenvalue weighted by molar-refractivity contribution is 0.0997. The van der Waals surface area contributed by atoms with Crippen molar-refractivity contribution in [2.24, 2.45) is 5.73 Å². The topological polar surface area (TPSA) is 109 Å². The number of carbonyl (C=O) groups is 1. The lowest BCUT2D eigenvalue weighted by Gasteiger charge is -2.21. The number of primary amides is 1. The fourth-order valence-corrected chi connectivity index (χ4v) is 3.84. The summed E-state index contributed by atoms with van der Waals surface area (Å²) in [6.45, 7) is -0.318. The summed E-state index contributed by atoms with van der Waals surface area (Å²) in [4.78, 5) is 12.5. The van der Waals surface area contributed by atoms with Crippen LogP contribution in [0.3, 0.4) is 0 Å². The lowest BCUT2D eigenvalue weighted by Crippen LogP contribution is -2.17. The maximum absolute atomic E-state index is 12.5. The maximum atomic E-state index is 12.5. The molecule has 0 spiro atoms. The molecular weight excluding hydrogens is 390 g/mol. The van der Waals surface area contributed by atoms with E-state index in [1.165, 1.54) is 21.3 Å². The van der Waals surface area contributed by atoms with E-state index in [2.05, 4.69) is 0 Å². The van der Waals surface area contributed by atoms with Crippen LogP contribution in [0.1, 0.15) is 15.9 Å². The van der Waals surface area contributed by atoms with Gasteiger partial charge in [-0.25, -0.2) is 0 Å². The number of benzene rings is 3. The van der Waals surface area contributed by atoms with Crippen molar-refractivity contribution in [3.63, 3.8) is 0 Å². The van der Waals surface area contributed by atoms with Gasteiger partial charge in [0.1, 0.15) is 5.75 Å². The van der Waals surface area contributed by atoms with Gasteiger partial charge in [0.2, 0.25) is 12.7 Å². The smallest absolute Gasteiger partial charge is 0.249 e. The van der Waals surface area contributed by atoms with Crippen molar-refractivity contribution < 1.29 is 33.6 Å². The van der Waals surface area contributed by atoms with E-state index < -0.39 is 12.5 Å². The summed E-state index contributed by atoms with van der Waals surface area (Å²) in [6, 6.07) is 8.84. The van der Waals surface area contributed by atoms with Gasteiger partial charge in [0.25, 0.3) is 0 Å². The Bertz CT molecular complexity index is 1160. The van der Waals surface area contributed by atoms with Gasteiger partial charge >= 0.3 is 0 Å². The molecular formula is C22H21NO7. The Kier molecular flexibility index (Phi) is 5.01. The average Bonchev–Trinajstić information content (AvgIpc) is 3.23. The predicted octanol–water partition coefficient (Wildman–Crippen LogP) is 2.85. The zero-order chi connectivity index (χ0) is 21.4. The van der Waals surface area contributed by atoms with Crippen molar-refractivity contribution in [2.75, 3.05) is 28.1 Å². The van der Waals surface area contributed by atoms with Crippen molar-refractivity contribution in [3.05, 3.63) is 41.5 Å². The summed E-state index contributed by atoms with van der Waals surface area (Å²) in [5.74, 6) is 1.77. The molecule has 4 rings (SSSR count). The highest BCUT2D eigenvalue weighted by Gasteiger charge is 2.26. The average molecular weight is 411 g/mol. The van der Waals surface area contributed by atoms with Gasteiger partial charge in [-0.3, -0.25) is 4.79 Å². The van der Waals surface area contributed by atoms with E-state index in [1.54, 1.807) is 30.3 Å². The van der Waals surface area contributed by atoms with Gasteiger partial charge < -0.3 is 34.5 Å². The molecule has 156 valence electrons. The molecule has 0 aromatic heterocycles. The number of rotatable bonds is 6. The summed E-state index contributed by atoms with van der Waals surface area (Å²) in [5.41, 5.74) is 7.41. The van der Waals surface area contributed by atoms with Gasteiger partial charge in [-0.15, -0.1) is 0 Å². The second-order valence-electron chi connectivity index (χ2n) is 6.60. The quantitative estimate of drug-likeness (QED) is 0.642. The first kappa shape index (κ1) is 19.7. The minimum Gasteiger partial charge on any atom is -0.496 e. The number of carbonyl (C=O) groups excluding carboxylic acids is 1. The third kappa shape index (κ3) is 2.93. The zero-order valence-electron chi connectivity index (χ0n) is 16.8. The molecule has 0 saturated heterocycles. The molecule has 3 aromatic carbocycles. The summed E-state index contributed by atoms with van der Waals surface area (Å²) < 4.78 is 27.4. The minimum atomic E-state index is -0.693. The summed E-state index contributed by atoms with van der Waals surface area (Å²) >= 11 is 0. The molecule has 0 saturated carbocycles. The number of aliphatic hydroxyl groups is 1. The van der Waals surface area contributed by atoms with E-state index in [9.17, 15) is 9.90 Å². The molecule has 1 aliphatic heterocycles. The van der Waals surface area contributed by atoms with Crippen LogP contribution in [0.5, 0.6) is 28.7 Å². The van der Waals surface area contributed by atoms with Gasteiger partial charge in [-0.1, -0.05) is 6.07 Å². The Hall–Kier alpha value is -3.65. The molecule has 0 fully saturated rings. The zero-order valence-corrected chi connectivity index (χ0v) is 16.8. The Morgan fingerprint density at radius 3 is 2.27 bits per heavy atom. The van der Waals surface area contributed by atoms with Crippen LogP contribution in [-0.2, 0) is 6.61 Å². The molecule has 0 atom stereocenters.